The Morgan fingerprint density at radius 2 is 2.35 bits per heavy atom. The molecule has 0 aliphatic heterocycles. The maximum Gasteiger partial charge on any atom is 0.261 e. The number of hydrogen-bond acceptors (Lipinski definition) is 5. The first-order valence-electron chi connectivity index (χ1n) is 6.38. The third-order valence-corrected chi connectivity index (χ3v) is 4.81. The Kier molecular flexibility index (Phi) is 3.49. The van der Waals surface area contributed by atoms with Gasteiger partial charge in [0.05, 0.1) is 16.5 Å². The molecule has 0 bridgehead atoms. The Bertz CT molecular complexity index is 756. The van der Waals surface area contributed by atoms with Crippen molar-refractivity contribution in [3.8, 4) is 0 Å². The SMILES string of the molecule is CC(O)CC(C)NC(=O)c1cc2c(nc3sccn32)s1. The lowest BCUT2D eigenvalue weighted by atomic mass is 10.1. The van der Waals surface area contributed by atoms with Crippen LogP contribution in [0, 0.1) is 0 Å². The van der Waals surface area contributed by atoms with Gasteiger partial charge in [-0.05, 0) is 26.3 Å². The van der Waals surface area contributed by atoms with E-state index in [1.807, 2.05) is 29.0 Å². The minimum atomic E-state index is -0.419. The molecule has 1 amide bonds. The maximum atomic E-state index is 12.2. The molecular formula is C13H15N3O2S2. The minimum absolute atomic E-state index is 0.0549. The molecule has 0 saturated carbocycles. The third-order valence-electron chi connectivity index (χ3n) is 3.04. The van der Waals surface area contributed by atoms with Crippen LogP contribution in [0.1, 0.15) is 29.9 Å². The van der Waals surface area contributed by atoms with Crippen molar-refractivity contribution in [2.45, 2.75) is 32.4 Å². The molecule has 0 spiro atoms. The van der Waals surface area contributed by atoms with Gasteiger partial charge in [-0.1, -0.05) is 0 Å². The summed E-state index contributed by atoms with van der Waals surface area (Å²) in [7, 11) is 0. The molecule has 2 N–H and O–H groups in total. The summed E-state index contributed by atoms with van der Waals surface area (Å²) in [6, 6.07) is 1.82. The third kappa shape index (κ3) is 2.44. The molecule has 20 heavy (non-hydrogen) atoms. The quantitative estimate of drug-likeness (QED) is 0.778. The highest BCUT2D eigenvalue weighted by atomic mass is 32.1. The lowest BCUT2D eigenvalue weighted by Gasteiger charge is -2.14. The fourth-order valence-electron chi connectivity index (χ4n) is 2.23. The summed E-state index contributed by atoms with van der Waals surface area (Å²) in [6.07, 6.45) is 2.09. The second kappa shape index (κ2) is 5.16. The highest BCUT2D eigenvalue weighted by Crippen LogP contribution is 2.28. The number of nitrogens with one attached hydrogen (secondary N) is 1. The monoisotopic (exact) mass is 309 g/mol. The zero-order valence-corrected chi connectivity index (χ0v) is 12.8. The van der Waals surface area contributed by atoms with Crippen LogP contribution in [0.2, 0.25) is 0 Å². The summed E-state index contributed by atoms with van der Waals surface area (Å²) in [5.41, 5.74) is 0.972. The minimum Gasteiger partial charge on any atom is -0.393 e. The van der Waals surface area contributed by atoms with Gasteiger partial charge >= 0.3 is 0 Å². The fraction of sp³-hybridized carbons (Fsp3) is 0.385. The number of thiazole rings is 1. The van der Waals surface area contributed by atoms with Crippen molar-refractivity contribution < 1.29 is 9.90 Å². The zero-order valence-electron chi connectivity index (χ0n) is 11.2. The summed E-state index contributed by atoms with van der Waals surface area (Å²) in [5.74, 6) is -0.106. The van der Waals surface area contributed by atoms with E-state index in [0.717, 1.165) is 15.3 Å². The fourth-order valence-corrected chi connectivity index (χ4v) is 3.93. The topological polar surface area (TPSA) is 66.6 Å². The van der Waals surface area contributed by atoms with Gasteiger partial charge in [-0.2, -0.15) is 0 Å². The van der Waals surface area contributed by atoms with Gasteiger partial charge in [0.1, 0.15) is 4.83 Å². The van der Waals surface area contributed by atoms with Crippen LogP contribution in [-0.2, 0) is 0 Å². The molecular weight excluding hydrogens is 294 g/mol. The Balaban J connectivity index is 1.82. The number of carbonyl (C=O) groups is 1. The number of aliphatic hydroxyl groups excluding tert-OH is 1. The van der Waals surface area contributed by atoms with E-state index in [-0.39, 0.29) is 11.9 Å². The van der Waals surface area contributed by atoms with E-state index in [2.05, 4.69) is 10.3 Å². The van der Waals surface area contributed by atoms with Crippen molar-refractivity contribution in [2.24, 2.45) is 0 Å². The smallest absolute Gasteiger partial charge is 0.261 e. The largest absolute Gasteiger partial charge is 0.393 e. The van der Waals surface area contributed by atoms with Crippen molar-refractivity contribution in [1.82, 2.24) is 14.7 Å². The molecule has 3 heterocycles. The van der Waals surface area contributed by atoms with Crippen molar-refractivity contribution in [3.05, 3.63) is 22.5 Å². The zero-order chi connectivity index (χ0) is 14.3. The van der Waals surface area contributed by atoms with Crippen LogP contribution in [0.5, 0.6) is 0 Å². The highest BCUT2D eigenvalue weighted by Gasteiger charge is 2.17. The van der Waals surface area contributed by atoms with Crippen LogP contribution < -0.4 is 5.32 Å². The maximum absolute atomic E-state index is 12.2. The normalized spacial score (nSPS) is 14.8. The van der Waals surface area contributed by atoms with Crippen LogP contribution in [0.25, 0.3) is 15.3 Å². The second-order valence-electron chi connectivity index (χ2n) is 4.93. The number of fused-ring (bicyclic) bond motifs is 3. The van der Waals surface area contributed by atoms with E-state index in [0.29, 0.717) is 11.3 Å². The van der Waals surface area contributed by atoms with Gasteiger partial charge in [-0.25, -0.2) is 4.98 Å². The van der Waals surface area contributed by atoms with Gasteiger partial charge < -0.3 is 10.4 Å². The van der Waals surface area contributed by atoms with E-state index >= 15 is 0 Å². The second-order valence-corrected chi connectivity index (χ2v) is 6.83. The first-order valence-corrected chi connectivity index (χ1v) is 8.08. The van der Waals surface area contributed by atoms with Crippen molar-refractivity contribution in [3.63, 3.8) is 0 Å². The number of aromatic nitrogens is 2. The van der Waals surface area contributed by atoms with E-state index in [4.69, 9.17) is 0 Å². The van der Waals surface area contributed by atoms with Crippen molar-refractivity contribution >= 4 is 43.9 Å². The highest BCUT2D eigenvalue weighted by molar-refractivity contribution is 7.21. The van der Waals surface area contributed by atoms with Gasteiger partial charge in [0.25, 0.3) is 5.91 Å². The van der Waals surface area contributed by atoms with Crippen molar-refractivity contribution in [1.29, 1.82) is 0 Å². The van der Waals surface area contributed by atoms with Crippen LogP contribution in [0.4, 0.5) is 0 Å². The van der Waals surface area contributed by atoms with E-state index in [1.165, 1.54) is 11.3 Å². The summed E-state index contributed by atoms with van der Waals surface area (Å²) in [6.45, 7) is 3.61. The van der Waals surface area contributed by atoms with Crippen molar-refractivity contribution in [2.75, 3.05) is 0 Å². The van der Waals surface area contributed by atoms with Crippen LogP contribution >= 0.6 is 22.7 Å². The number of carbonyl (C=O) groups excluding carboxylic acids is 1. The number of hydrogen-bond donors (Lipinski definition) is 2. The van der Waals surface area contributed by atoms with Gasteiger partial charge in [-0.3, -0.25) is 9.20 Å². The average Bonchev–Trinajstić information content (AvgIpc) is 2.97. The number of rotatable bonds is 4. The molecule has 0 fully saturated rings. The molecule has 0 aromatic carbocycles. The lowest BCUT2D eigenvalue weighted by molar-refractivity contribution is 0.0927. The molecule has 0 radical (unpaired) electrons. The lowest BCUT2D eigenvalue weighted by Crippen LogP contribution is -2.34. The number of thiophene rings is 1. The first-order chi connectivity index (χ1) is 9.54. The van der Waals surface area contributed by atoms with Gasteiger partial charge in [-0.15, -0.1) is 22.7 Å². The summed E-state index contributed by atoms with van der Waals surface area (Å²) >= 11 is 2.98. The number of amides is 1. The summed E-state index contributed by atoms with van der Waals surface area (Å²) < 4.78 is 1.99. The molecule has 0 saturated heterocycles. The van der Waals surface area contributed by atoms with Gasteiger partial charge in [0, 0.05) is 17.6 Å². The number of aliphatic hydroxyl groups is 1. The molecule has 2 unspecified atom stereocenters. The molecule has 106 valence electrons. The van der Waals surface area contributed by atoms with Gasteiger partial charge in [0.15, 0.2) is 4.96 Å². The van der Waals surface area contributed by atoms with E-state index < -0.39 is 6.10 Å². The Hall–Kier alpha value is -1.44. The number of imidazole rings is 1. The standard InChI is InChI=1S/C13H15N3O2S2/c1-7(5-8(2)17)14-11(18)10-6-9-12(20-10)15-13-16(9)3-4-19-13/h3-4,6-8,17H,5H2,1-2H3,(H,14,18). The molecule has 7 heteroatoms. The predicted molar refractivity (Wildman–Crippen MR) is 81.7 cm³/mol. The molecule has 2 atom stereocenters. The van der Waals surface area contributed by atoms with Gasteiger partial charge in [0.2, 0.25) is 0 Å². The van der Waals surface area contributed by atoms with Crippen LogP contribution in [0.15, 0.2) is 17.6 Å². The molecule has 0 aliphatic carbocycles. The molecule has 3 aromatic heterocycles. The summed E-state index contributed by atoms with van der Waals surface area (Å²) in [5, 5.41) is 14.2. The molecule has 5 nitrogen and oxygen atoms in total. The molecule has 0 aliphatic rings. The Morgan fingerprint density at radius 3 is 3.10 bits per heavy atom. The molecule has 3 aromatic rings. The van der Waals surface area contributed by atoms with Crippen LogP contribution in [-0.4, -0.2) is 32.5 Å². The first kappa shape index (κ1) is 13.5. The van der Waals surface area contributed by atoms with Crippen LogP contribution in [0.3, 0.4) is 0 Å². The average molecular weight is 309 g/mol. The Labute approximate surface area is 123 Å². The number of nitrogens with zero attached hydrogens (tertiary/aromatic N) is 2. The molecule has 3 rings (SSSR count). The Morgan fingerprint density at radius 1 is 1.55 bits per heavy atom. The summed E-state index contributed by atoms with van der Waals surface area (Å²) in [4.78, 5) is 19.1. The van der Waals surface area contributed by atoms with E-state index in [9.17, 15) is 9.90 Å². The predicted octanol–water partition coefficient (Wildman–Crippen LogP) is 2.50. The van der Waals surface area contributed by atoms with E-state index in [1.54, 1.807) is 18.3 Å².